The Morgan fingerprint density at radius 2 is 1.82 bits per heavy atom. The molecule has 1 N–H and O–H groups in total. The van der Waals surface area contributed by atoms with Crippen molar-refractivity contribution < 1.29 is 5.11 Å². The number of nitrogens with zero attached hydrogens (tertiary/aromatic N) is 2. The molecular weight excluding hydrogens is 212 g/mol. The quantitative estimate of drug-likeness (QED) is 0.859. The van der Waals surface area contributed by atoms with E-state index in [4.69, 9.17) is 0 Å². The van der Waals surface area contributed by atoms with E-state index in [-0.39, 0.29) is 11.8 Å². The van der Waals surface area contributed by atoms with Crippen LogP contribution in [0.1, 0.15) is 36.6 Å². The van der Waals surface area contributed by atoms with Crippen molar-refractivity contribution in [3.63, 3.8) is 0 Å². The highest BCUT2D eigenvalue weighted by Crippen LogP contribution is 2.31. The zero-order valence-electron chi connectivity index (χ0n) is 10.7. The molecule has 0 amide bonds. The van der Waals surface area contributed by atoms with Crippen molar-refractivity contribution >= 4 is 0 Å². The van der Waals surface area contributed by atoms with Crippen LogP contribution in [0.5, 0.6) is 5.88 Å². The van der Waals surface area contributed by atoms with E-state index in [0.29, 0.717) is 0 Å². The molecule has 0 radical (unpaired) electrons. The Balaban J connectivity index is 2.62. The molecule has 0 fully saturated rings. The maximum atomic E-state index is 10.3. The van der Waals surface area contributed by atoms with Gasteiger partial charge in [-0.2, -0.15) is 5.10 Å². The Labute approximate surface area is 102 Å². The van der Waals surface area contributed by atoms with Crippen molar-refractivity contribution in [1.29, 1.82) is 0 Å². The first kappa shape index (κ1) is 11.7. The van der Waals surface area contributed by atoms with Crippen LogP contribution in [-0.2, 0) is 0 Å². The fraction of sp³-hybridized carbons (Fsp3) is 0.357. The first-order chi connectivity index (χ1) is 8.02. The predicted octanol–water partition coefficient (Wildman–Crippen LogP) is 3.32. The van der Waals surface area contributed by atoms with Crippen LogP contribution < -0.4 is 0 Å². The maximum absolute atomic E-state index is 10.3. The minimum atomic E-state index is 0.256. The van der Waals surface area contributed by atoms with Crippen LogP contribution in [-0.4, -0.2) is 14.9 Å². The molecule has 0 bridgehead atoms. The molecule has 2 aromatic rings. The Hall–Kier alpha value is -1.77. The molecule has 3 heteroatoms. The highest BCUT2D eigenvalue weighted by atomic mass is 16.3. The SMILES string of the molecule is Cc1ccccc1-n1nc(C)c(C(C)C)c1O. The van der Waals surface area contributed by atoms with Gasteiger partial charge in [0, 0.05) is 5.56 Å². The van der Waals surface area contributed by atoms with Gasteiger partial charge in [0.05, 0.1) is 11.4 Å². The number of para-hydroxylation sites is 1. The molecule has 0 saturated carbocycles. The Morgan fingerprint density at radius 3 is 2.35 bits per heavy atom. The summed E-state index contributed by atoms with van der Waals surface area (Å²) in [6.45, 7) is 8.07. The van der Waals surface area contributed by atoms with Gasteiger partial charge in [0.25, 0.3) is 0 Å². The molecule has 1 aromatic carbocycles. The number of benzene rings is 1. The van der Waals surface area contributed by atoms with Crippen LogP contribution in [0, 0.1) is 13.8 Å². The van der Waals surface area contributed by atoms with E-state index < -0.39 is 0 Å². The van der Waals surface area contributed by atoms with Gasteiger partial charge >= 0.3 is 0 Å². The van der Waals surface area contributed by atoms with E-state index in [9.17, 15) is 5.11 Å². The molecule has 0 aliphatic rings. The number of hydrogen-bond donors (Lipinski definition) is 1. The van der Waals surface area contributed by atoms with Crippen LogP contribution in [0.3, 0.4) is 0 Å². The fourth-order valence-corrected chi connectivity index (χ4v) is 2.17. The van der Waals surface area contributed by atoms with Crippen LogP contribution in [0.4, 0.5) is 0 Å². The van der Waals surface area contributed by atoms with Gasteiger partial charge in [0.2, 0.25) is 5.88 Å². The third kappa shape index (κ3) is 1.93. The Kier molecular flexibility index (Phi) is 2.92. The van der Waals surface area contributed by atoms with E-state index in [1.165, 1.54) is 0 Å². The van der Waals surface area contributed by atoms with Gasteiger partial charge in [0.1, 0.15) is 0 Å². The molecule has 0 atom stereocenters. The topological polar surface area (TPSA) is 38.0 Å². The molecule has 17 heavy (non-hydrogen) atoms. The molecule has 2 rings (SSSR count). The number of rotatable bonds is 2. The van der Waals surface area contributed by atoms with Crippen LogP contribution in [0.2, 0.25) is 0 Å². The van der Waals surface area contributed by atoms with Gasteiger partial charge in [-0.15, -0.1) is 0 Å². The number of aryl methyl sites for hydroxylation is 2. The largest absolute Gasteiger partial charge is 0.493 e. The summed E-state index contributed by atoms with van der Waals surface area (Å²) >= 11 is 0. The van der Waals surface area contributed by atoms with Crippen molar-refractivity contribution in [2.45, 2.75) is 33.6 Å². The summed E-state index contributed by atoms with van der Waals surface area (Å²) in [5, 5.41) is 14.7. The van der Waals surface area contributed by atoms with Crippen molar-refractivity contribution in [2.24, 2.45) is 0 Å². The normalized spacial score (nSPS) is 11.1. The van der Waals surface area contributed by atoms with E-state index in [1.54, 1.807) is 4.68 Å². The Morgan fingerprint density at radius 1 is 1.18 bits per heavy atom. The molecule has 0 unspecified atom stereocenters. The lowest BCUT2D eigenvalue weighted by Crippen LogP contribution is -1.98. The molecular formula is C14H18N2O. The van der Waals surface area contributed by atoms with Gasteiger partial charge in [-0.25, -0.2) is 4.68 Å². The fourth-order valence-electron chi connectivity index (χ4n) is 2.17. The summed E-state index contributed by atoms with van der Waals surface area (Å²) in [5.74, 6) is 0.527. The van der Waals surface area contributed by atoms with Gasteiger partial charge in [-0.1, -0.05) is 32.0 Å². The number of aromatic hydroxyl groups is 1. The van der Waals surface area contributed by atoms with Crippen LogP contribution in [0.25, 0.3) is 5.69 Å². The van der Waals surface area contributed by atoms with E-state index in [0.717, 1.165) is 22.5 Å². The summed E-state index contributed by atoms with van der Waals surface area (Å²) in [6, 6.07) is 7.91. The zero-order valence-corrected chi connectivity index (χ0v) is 10.7. The summed E-state index contributed by atoms with van der Waals surface area (Å²) in [4.78, 5) is 0. The average molecular weight is 230 g/mol. The van der Waals surface area contributed by atoms with E-state index >= 15 is 0 Å². The minimum Gasteiger partial charge on any atom is -0.493 e. The summed E-state index contributed by atoms with van der Waals surface area (Å²) in [5.41, 5.74) is 3.84. The lowest BCUT2D eigenvalue weighted by Gasteiger charge is -2.08. The molecule has 90 valence electrons. The Bertz CT molecular complexity index is 541. The van der Waals surface area contributed by atoms with Crippen LogP contribution in [0.15, 0.2) is 24.3 Å². The lowest BCUT2D eigenvalue weighted by molar-refractivity contribution is 0.425. The van der Waals surface area contributed by atoms with Crippen molar-refractivity contribution in [1.82, 2.24) is 9.78 Å². The smallest absolute Gasteiger partial charge is 0.217 e. The highest BCUT2D eigenvalue weighted by Gasteiger charge is 2.18. The predicted molar refractivity (Wildman–Crippen MR) is 68.8 cm³/mol. The zero-order chi connectivity index (χ0) is 12.6. The molecule has 3 nitrogen and oxygen atoms in total. The lowest BCUT2D eigenvalue weighted by atomic mass is 10.0. The van der Waals surface area contributed by atoms with Gasteiger partial charge < -0.3 is 5.11 Å². The van der Waals surface area contributed by atoms with Gasteiger partial charge in [-0.3, -0.25) is 0 Å². The first-order valence-corrected chi connectivity index (χ1v) is 5.87. The third-order valence-electron chi connectivity index (χ3n) is 3.00. The van der Waals surface area contributed by atoms with Crippen molar-refractivity contribution in [3.05, 3.63) is 41.1 Å². The van der Waals surface area contributed by atoms with Gasteiger partial charge in [0.15, 0.2) is 0 Å². The van der Waals surface area contributed by atoms with Crippen LogP contribution >= 0.6 is 0 Å². The summed E-state index contributed by atoms with van der Waals surface area (Å²) in [7, 11) is 0. The van der Waals surface area contributed by atoms with E-state index in [2.05, 4.69) is 18.9 Å². The molecule has 0 saturated heterocycles. The number of aromatic nitrogens is 2. The van der Waals surface area contributed by atoms with E-state index in [1.807, 2.05) is 38.1 Å². The highest BCUT2D eigenvalue weighted by molar-refractivity contribution is 5.45. The van der Waals surface area contributed by atoms with Crippen molar-refractivity contribution in [3.8, 4) is 11.6 Å². The molecule has 0 spiro atoms. The summed E-state index contributed by atoms with van der Waals surface area (Å²) < 4.78 is 1.62. The molecule has 0 aliphatic heterocycles. The summed E-state index contributed by atoms with van der Waals surface area (Å²) in [6.07, 6.45) is 0. The first-order valence-electron chi connectivity index (χ1n) is 5.87. The minimum absolute atomic E-state index is 0.256. The maximum Gasteiger partial charge on any atom is 0.217 e. The van der Waals surface area contributed by atoms with Crippen molar-refractivity contribution in [2.75, 3.05) is 0 Å². The monoisotopic (exact) mass is 230 g/mol. The van der Waals surface area contributed by atoms with Gasteiger partial charge in [-0.05, 0) is 31.4 Å². The number of hydrogen-bond acceptors (Lipinski definition) is 2. The second-order valence-corrected chi connectivity index (χ2v) is 4.68. The molecule has 1 heterocycles. The molecule has 1 aromatic heterocycles. The second kappa shape index (κ2) is 4.24. The average Bonchev–Trinajstić information content (AvgIpc) is 2.55. The molecule has 0 aliphatic carbocycles. The second-order valence-electron chi connectivity index (χ2n) is 4.68. The third-order valence-corrected chi connectivity index (χ3v) is 3.00. The standard InChI is InChI=1S/C14H18N2O/c1-9(2)13-11(4)15-16(14(13)17)12-8-6-5-7-10(12)3/h5-9,17H,1-4H3.